The summed E-state index contributed by atoms with van der Waals surface area (Å²) in [6, 6.07) is 5.67. The van der Waals surface area contributed by atoms with Crippen molar-refractivity contribution in [3.63, 3.8) is 0 Å². The van der Waals surface area contributed by atoms with Gasteiger partial charge < -0.3 is 5.32 Å². The molecule has 0 bridgehead atoms. The molecule has 102 valence electrons. The monoisotopic (exact) mass is 259 g/mol. The normalized spacial score (nSPS) is 39.2. The molecule has 0 amide bonds. The van der Waals surface area contributed by atoms with Crippen LogP contribution in [0.15, 0.2) is 18.2 Å². The molecule has 19 heavy (non-hydrogen) atoms. The average Bonchev–Trinajstić information content (AvgIpc) is 3.27. The number of hydrogen-bond donors (Lipinski definition) is 1. The molecule has 0 aromatic heterocycles. The van der Waals surface area contributed by atoms with Gasteiger partial charge >= 0.3 is 0 Å². The molecular formula is C17H22FN. The molecule has 0 heterocycles. The summed E-state index contributed by atoms with van der Waals surface area (Å²) in [6.07, 6.45) is 5.11. The lowest BCUT2D eigenvalue weighted by molar-refractivity contribution is 0.483. The van der Waals surface area contributed by atoms with Crippen LogP contribution in [0.4, 0.5) is 4.39 Å². The fourth-order valence-corrected chi connectivity index (χ4v) is 4.06. The van der Waals surface area contributed by atoms with E-state index in [9.17, 15) is 4.39 Å². The van der Waals surface area contributed by atoms with Crippen molar-refractivity contribution in [1.82, 2.24) is 5.32 Å². The molecule has 0 radical (unpaired) electrons. The third-order valence-electron chi connectivity index (χ3n) is 5.51. The Hall–Kier alpha value is -0.890. The molecule has 5 unspecified atom stereocenters. The molecule has 3 aliphatic rings. The van der Waals surface area contributed by atoms with Crippen LogP contribution in [0.3, 0.4) is 0 Å². The van der Waals surface area contributed by atoms with E-state index >= 15 is 0 Å². The Morgan fingerprint density at radius 2 is 2.11 bits per heavy atom. The van der Waals surface area contributed by atoms with Crippen LogP contribution in [0.5, 0.6) is 0 Å². The van der Waals surface area contributed by atoms with Crippen molar-refractivity contribution < 1.29 is 4.39 Å². The van der Waals surface area contributed by atoms with Gasteiger partial charge in [0.1, 0.15) is 5.82 Å². The Bertz CT molecular complexity index is 498. The maximum Gasteiger partial charge on any atom is 0.123 e. The zero-order valence-corrected chi connectivity index (χ0v) is 11.5. The van der Waals surface area contributed by atoms with Gasteiger partial charge in [-0.25, -0.2) is 4.39 Å². The van der Waals surface area contributed by atoms with E-state index in [1.54, 1.807) is 12.1 Å². The number of halogens is 1. The minimum atomic E-state index is -0.0939. The molecule has 3 aliphatic carbocycles. The first-order valence-electron chi connectivity index (χ1n) is 7.74. The summed E-state index contributed by atoms with van der Waals surface area (Å²) in [7, 11) is 0. The van der Waals surface area contributed by atoms with Gasteiger partial charge in [0, 0.05) is 6.04 Å². The Morgan fingerprint density at radius 3 is 2.89 bits per heavy atom. The van der Waals surface area contributed by atoms with E-state index in [0.717, 1.165) is 43.1 Å². The second-order valence-electron chi connectivity index (χ2n) is 6.88. The van der Waals surface area contributed by atoms with E-state index in [2.05, 4.69) is 12.2 Å². The van der Waals surface area contributed by atoms with Crippen molar-refractivity contribution in [2.45, 2.75) is 38.6 Å². The highest BCUT2D eigenvalue weighted by atomic mass is 19.1. The molecule has 0 aliphatic heterocycles. The summed E-state index contributed by atoms with van der Waals surface area (Å²) in [4.78, 5) is 0. The molecular weight excluding hydrogens is 237 g/mol. The highest BCUT2D eigenvalue weighted by Crippen LogP contribution is 2.57. The summed E-state index contributed by atoms with van der Waals surface area (Å²) in [5.74, 6) is 3.81. The van der Waals surface area contributed by atoms with Crippen molar-refractivity contribution in [1.29, 1.82) is 0 Å². The van der Waals surface area contributed by atoms with Crippen LogP contribution < -0.4 is 5.32 Å². The number of nitrogens with one attached hydrogen (secondary N) is 1. The molecule has 5 atom stereocenters. The van der Waals surface area contributed by atoms with Gasteiger partial charge in [0.25, 0.3) is 0 Å². The zero-order valence-electron chi connectivity index (χ0n) is 11.5. The highest BCUT2D eigenvalue weighted by molar-refractivity contribution is 5.35. The van der Waals surface area contributed by atoms with Crippen LogP contribution in [0, 0.1) is 29.5 Å². The molecule has 1 aromatic carbocycles. The zero-order chi connectivity index (χ0) is 13.0. The average molecular weight is 259 g/mol. The van der Waals surface area contributed by atoms with Crippen molar-refractivity contribution >= 4 is 0 Å². The molecule has 4 rings (SSSR count). The second kappa shape index (κ2) is 4.31. The molecule has 0 spiro atoms. The third kappa shape index (κ3) is 2.20. The number of benzene rings is 1. The lowest BCUT2D eigenvalue weighted by Gasteiger charge is -2.14. The largest absolute Gasteiger partial charge is 0.310 e. The van der Waals surface area contributed by atoms with Gasteiger partial charge in [-0.2, -0.15) is 0 Å². The lowest BCUT2D eigenvalue weighted by Crippen LogP contribution is -2.22. The molecule has 0 saturated heterocycles. The van der Waals surface area contributed by atoms with Gasteiger partial charge in [-0.15, -0.1) is 0 Å². The van der Waals surface area contributed by atoms with Crippen molar-refractivity contribution in [2.75, 3.05) is 6.54 Å². The quantitative estimate of drug-likeness (QED) is 0.869. The van der Waals surface area contributed by atoms with Crippen LogP contribution in [0.25, 0.3) is 0 Å². The lowest BCUT2D eigenvalue weighted by atomic mass is 10.1. The molecule has 1 aromatic rings. The summed E-state index contributed by atoms with van der Waals surface area (Å²) >= 11 is 0. The summed E-state index contributed by atoms with van der Waals surface area (Å²) < 4.78 is 13.3. The second-order valence-corrected chi connectivity index (χ2v) is 6.88. The first kappa shape index (κ1) is 11.9. The number of fused-ring (bicyclic) bond motifs is 1. The van der Waals surface area contributed by atoms with Gasteiger partial charge in [-0.3, -0.25) is 0 Å². The van der Waals surface area contributed by atoms with Crippen LogP contribution in [0.2, 0.25) is 0 Å². The van der Waals surface area contributed by atoms with E-state index in [0.29, 0.717) is 6.04 Å². The van der Waals surface area contributed by atoms with Gasteiger partial charge in [-0.05, 0) is 79.2 Å². The fraction of sp³-hybridized carbons (Fsp3) is 0.647. The van der Waals surface area contributed by atoms with Crippen molar-refractivity contribution in [3.8, 4) is 0 Å². The van der Waals surface area contributed by atoms with Gasteiger partial charge in [0.05, 0.1) is 0 Å². The maximum absolute atomic E-state index is 13.3. The van der Waals surface area contributed by atoms with Crippen molar-refractivity contribution in [2.24, 2.45) is 23.7 Å². The van der Waals surface area contributed by atoms with Crippen LogP contribution in [-0.4, -0.2) is 6.54 Å². The van der Waals surface area contributed by atoms with Gasteiger partial charge in [-0.1, -0.05) is 13.0 Å². The van der Waals surface area contributed by atoms with E-state index < -0.39 is 0 Å². The Labute approximate surface area is 114 Å². The summed E-state index contributed by atoms with van der Waals surface area (Å²) in [5.41, 5.74) is 2.54. The van der Waals surface area contributed by atoms with Crippen LogP contribution >= 0.6 is 0 Å². The van der Waals surface area contributed by atoms with E-state index in [4.69, 9.17) is 0 Å². The number of aryl methyl sites for hydroxylation is 1. The molecule has 2 heteroatoms. The Kier molecular flexibility index (Phi) is 2.70. The standard InChI is InChI=1S/C17H22FN/c1-10-6-14(10)15-7-12(15)9-19-17-5-3-11-2-4-13(18)8-16(11)17/h2,4,8,10,12,14-15,17,19H,3,5-7,9H2,1H3. The van der Waals surface area contributed by atoms with E-state index in [1.807, 2.05) is 6.07 Å². The number of rotatable bonds is 4. The minimum Gasteiger partial charge on any atom is -0.310 e. The van der Waals surface area contributed by atoms with E-state index in [-0.39, 0.29) is 5.82 Å². The Morgan fingerprint density at radius 1 is 1.26 bits per heavy atom. The predicted molar refractivity (Wildman–Crippen MR) is 74.3 cm³/mol. The first-order chi connectivity index (χ1) is 9.22. The van der Waals surface area contributed by atoms with E-state index in [1.165, 1.54) is 24.0 Å². The molecule has 1 N–H and O–H groups in total. The summed E-state index contributed by atoms with van der Waals surface area (Å²) in [6.45, 7) is 3.51. The summed E-state index contributed by atoms with van der Waals surface area (Å²) in [5, 5.41) is 3.69. The smallest absolute Gasteiger partial charge is 0.123 e. The van der Waals surface area contributed by atoms with Gasteiger partial charge in [0.15, 0.2) is 0 Å². The maximum atomic E-state index is 13.3. The number of hydrogen-bond acceptors (Lipinski definition) is 1. The minimum absolute atomic E-state index is 0.0939. The fourth-order valence-electron chi connectivity index (χ4n) is 4.06. The van der Waals surface area contributed by atoms with Crippen LogP contribution in [0.1, 0.15) is 43.4 Å². The topological polar surface area (TPSA) is 12.0 Å². The van der Waals surface area contributed by atoms with Crippen molar-refractivity contribution in [3.05, 3.63) is 35.1 Å². The first-order valence-corrected chi connectivity index (χ1v) is 7.74. The van der Waals surface area contributed by atoms with Gasteiger partial charge in [0.2, 0.25) is 0 Å². The molecule has 2 saturated carbocycles. The highest BCUT2D eigenvalue weighted by Gasteiger charge is 2.51. The third-order valence-corrected chi connectivity index (χ3v) is 5.51. The molecule has 1 nitrogen and oxygen atoms in total. The van der Waals surface area contributed by atoms with Crippen LogP contribution in [-0.2, 0) is 6.42 Å². The predicted octanol–water partition coefficient (Wildman–Crippen LogP) is 3.69. The molecule has 2 fully saturated rings. The SMILES string of the molecule is CC1CC1C1CC1CNC1CCc2ccc(F)cc21. The Balaban J connectivity index is 1.34.